The molecule has 0 aliphatic carbocycles. The van der Waals surface area contributed by atoms with E-state index in [1.165, 1.54) is 12.0 Å². The second-order valence-electron chi connectivity index (χ2n) is 3.90. The molecule has 3 nitrogen and oxygen atoms in total. The average Bonchev–Trinajstić information content (AvgIpc) is 2.61. The lowest BCUT2D eigenvalue weighted by atomic mass is 10.1. The fraction of sp³-hybridized carbons (Fsp3) is 0.583. The van der Waals surface area contributed by atoms with Gasteiger partial charge in [-0.3, -0.25) is 4.68 Å². The third kappa shape index (κ3) is 4.30. The molecule has 1 aromatic rings. The molecule has 1 N–H and O–H groups in total. The van der Waals surface area contributed by atoms with Crippen LogP contribution in [0.25, 0.3) is 0 Å². The maximum Gasteiger partial charge on any atom is 0.0522 e. The summed E-state index contributed by atoms with van der Waals surface area (Å²) >= 11 is 0. The quantitative estimate of drug-likeness (QED) is 0.692. The van der Waals surface area contributed by atoms with Crippen LogP contribution in [0.1, 0.15) is 25.3 Å². The largest absolute Gasteiger partial charge is 0.313 e. The highest BCUT2D eigenvalue weighted by atomic mass is 15.2. The van der Waals surface area contributed by atoms with Crippen molar-refractivity contribution in [2.24, 2.45) is 7.05 Å². The van der Waals surface area contributed by atoms with Gasteiger partial charge in [0.2, 0.25) is 0 Å². The first-order valence-electron chi connectivity index (χ1n) is 5.58. The molecule has 0 spiro atoms. The lowest BCUT2D eigenvalue weighted by Crippen LogP contribution is -2.31. The van der Waals surface area contributed by atoms with Gasteiger partial charge < -0.3 is 5.32 Å². The summed E-state index contributed by atoms with van der Waals surface area (Å²) in [6.07, 6.45) is 9.19. The Balaban J connectivity index is 2.46. The van der Waals surface area contributed by atoms with Crippen LogP contribution in [0.5, 0.6) is 0 Å². The highest BCUT2D eigenvalue weighted by Gasteiger charge is 2.07. The van der Waals surface area contributed by atoms with Crippen molar-refractivity contribution in [1.29, 1.82) is 0 Å². The zero-order valence-electron chi connectivity index (χ0n) is 9.74. The van der Waals surface area contributed by atoms with E-state index in [0.717, 1.165) is 19.4 Å². The topological polar surface area (TPSA) is 29.9 Å². The van der Waals surface area contributed by atoms with E-state index in [1.54, 1.807) is 0 Å². The molecule has 1 heterocycles. The molecule has 3 heteroatoms. The third-order valence-electron chi connectivity index (χ3n) is 2.37. The molecule has 15 heavy (non-hydrogen) atoms. The predicted octanol–water partition coefficient (Wildman–Crippen LogP) is 1.91. The summed E-state index contributed by atoms with van der Waals surface area (Å²) in [7, 11) is 1.95. The zero-order valence-corrected chi connectivity index (χ0v) is 9.74. The van der Waals surface area contributed by atoms with Crippen LogP contribution < -0.4 is 5.32 Å². The van der Waals surface area contributed by atoms with Crippen LogP contribution >= 0.6 is 0 Å². The Bertz CT molecular complexity index is 291. The maximum absolute atomic E-state index is 4.17. The molecule has 0 aliphatic rings. The summed E-state index contributed by atoms with van der Waals surface area (Å²) in [5, 5.41) is 7.69. The van der Waals surface area contributed by atoms with Gasteiger partial charge in [-0.2, -0.15) is 5.10 Å². The zero-order chi connectivity index (χ0) is 11.1. The average molecular weight is 207 g/mol. The molecule has 1 atom stereocenters. The number of aryl methyl sites for hydroxylation is 1. The molecular formula is C12H21N3. The Morgan fingerprint density at radius 1 is 1.67 bits per heavy atom. The first-order valence-corrected chi connectivity index (χ1v) is 5.58. The molecule has 0 aliphatic heterocycles. The molecule has 0 amide bonds. The summed E-state index contributed by atoms with van der Waals surface area (Å²) < 4.78 is 1.85. The van der Waals surface area contributed by atoms with Gasteiger partial charge >= 0.3 is 0 Å². The van der Waals surface area contributed by atoms with E-state index in [2.05, 4.69) is 30.1 Å². The first kappa shape index (κ1) is 12.0. The molecule has 1 unspecified atom stereocenters. The molecule has 0 aromatic carbocycles. The van der Waals surface area contributed by atoms with Gasteiger partial charge in [0.15, 0.2) is 0 Å². The van der Waals surface area contributed by atoms with Gasteiger partial charge in [-0.25, -0.2) is 0 Å². The van der Waals surface area contributed by atoms with E-state index in [0.29, 0.717) is 6.04 Å². The summed E-state index contributed by atoms with van der Waals surface area (Å²) in [5.41, 5.74) is 1.29. The molecule has 0 saturated heterocycles. The van der Waals surface area contributed by atoms with Crippen molar-refractivity contribution >= 4 is 0 Å². The smallest absolute Gasteiger partial charge is 0.0522 e. The number of aromatic nitrogens is 2. The Morgan fingerprint density at radius 3 is 3.00 bits per heavy atom. The van der Waals surface area contributed by atoms with Crippen molar-refractivity contribution in [3.63, 3.8) is 0 Å². The van der Waals surface area contributed by atoms with Crippen LogP contribution in [0.4, 0.5) is 0 Å². The summed E-state index contributed by atoms with van der Waals surface area (Å²) in [6.45, 7) is 7.05. The van der Waals surface area contributed by atoms with Gasteiger partial charge in [-0.15, -0.1) is 6.58 Å². The number of rotatable bonds is 7. The van der Waals surface area contributed by atoms with Gasteiger partial charge in [-0.05, 0) is 31.4 Å². The van der Waals surface area contributed by atoms with Crippen LogP contribution in [0.2, 0.25) is 0 Å². The Kier molecular flexibility index (Phi) is 5.12. The van der Waals surface area contributed by atoms with Gasteiger partial charge in [-0.1, -0.05) is 13.0 Å². The van der Waals surface area contributed by atoms with Crippen molar-refractivity contribution in [2.45, 2.75) is 32.2 Å². The van der Waals surface area contributed by atoms with Crippen LogP contribution in [0, 0.1) is 0 Å². The minimum absolute atomic E-state index is 0.492. The fourth-order valence-electron chi connectivity index (χ4n) is 1.65. The highest BCUT2D eigenvalue weighted by Crippen LogP contribution is 2.05. The first-order chi connectivity index (χ1) is 7.26. The number of nitrogens with zero attached hydrogens (tertiary/aromatic N) is 2. The fourth-order valence-corrected chi connectivity index (χ4v) is 1.65. The van der Waals surface area contributed by atoms with Gasteiger partial charge in [0.1, 0.15) is 0 Å². The van der Waals surface area contributed by atoms with E-state index in [-0.39, 0.29) is 0 Å². The SMILES string of the molecule is C=CCC(Cc1cnn(C)c1)NCCC. The number of nitrogens with one attached hydrogen (secondary N) is 1. The van der Waals surface area contributed by atoms with Crippen LogP contribution in [0.15, 0.2) is 25.0 Å². The minimum atomic E-state index is 0.492. The van der Waals surface area contributed by atoms with Crippen LogP contribution in [0.3, 0.4) is 0 Å². The van der Waals surface area contributed by atoms with E-state index in [4.69, 9.17) is 0 Å². The second-order valence-corrected chi connectivity index (χ2v) is 3.90. The molecule has 0 radical (unpaired) electrons. The summed E-state index contributed by atoms with van der Waals surface area (Å²) in [4.78, 5) is 0. The molecule has 1 aromatic heterocycles. The molecule has 0 fully saturated rings. The van der Waals surface area contributed by atoms with Crippen LogP contribution in [-0.2, 0) is 13.5 Å². The normalized spacial score (nSPS) is 12.7. The lowest BCUT2D eigenvalue weighted by molar-refractivity contribution is 0.512. The van der Waals surface area contributed by atoms with Gasteiger partial charge in [0, 0.05) is 19.3 Å². The van der Waals surface area contributed by atoms with Crippen molar-refractivity contribution in [3.05, 3.63) is 30.6 Å². The van der Waals surface area contributed by atoms with E-state index < -0.39 is 0 Å². The molecule has 1 rings (SSSR count). The molecule has 84 valence electrons. The summed E-state index contributed by atoms with van der Waals surface area (Å²) in [5.74, 6) is 0. The van der Waals surface area contributed by atoms with Crippen molar-refractivity contribution in [3.8, 4) is 0 Å². The number of hydrogen-bond acceptors (Lipinski definition) is 2. The Labute approximate surface area is 92.2 Å². The van der Waals surface area contributed by atoms with Gasteiger partial charge in [0.25, 0.3) is 0 Å². The summed E-state index contributed by atoms with van der Waals surface area (Å²) in [6, 6.07) is 0.492. The van der Waals surface area contributed by atoms with Gasteiger partial charge in [0.05, 0.1) is 6.20 Å². The van der Waals surface area contributed by atoms with Crippen molar-refractivity contribution in [2.75, 3.05) is 6.54 Å². The van der Waals surface area contributed by atoms with Crippen LogP contribution in [-0.4, -0.2) is 22.4 Å². The Hall–Kier alpha value is -1.09. The van der Waals surface area contributed by atoms with Crippen molar-refractivity contribution < 1.29 is 0 Å². The molecule has 0 bridgehead atoms. The number of hydrogen-bond donors (Lipinski definition) is 1. The van der Waals surface area contributed by atoms with E-state index >= 15 is 0 Å². The minimum Gasteiger partial charge on any atom is -0.313 e. The molecule has 0 saturated carbocycles. The van der Waals surface area contributed by atoms with Crippen molar-refractivity contribution in [1.82, 2.24) is 15.1 Å². The standard InChI is InChI=1S/C12H21N3/c1-4-6-12(13-7-5-2)8-11-9-14-15(3)10-11/h4,9-10,12-13H,1,5-8H2,2-3H3. The predicted molar refractivity (Wildman–Crippen MR) is 63.8 cm³/mol. The lowest BCUT2D eigenvalue weighted by Gasteiger charge is -2.15. The monoisotopic (exact) mass is 207 g/mol. The van der Waals surface area contributed by atoms with E-state index in [9.17, 15) is 0 Å². The highest BCUT2D eigenvalue weighted by molar-refractivity contribution is 5.06. The second kappa shape index (κ2) is 6.40. The van der Waals surface area contributed by atoms with E-state index in [1.807, 2.05) is 24.0 Å². The Morgan fingerprint density at radius 2 is 2.47 bits per heavy atom. The maximum atomic E-state index is 4.17. The third-order valence-corrected chi connectivity index (χ3v) is 2.37. The molecular weight excluding hydrogens is 186 g/mol.